The third-order valence-electron chi connectivity index (χ3n) is 3.84. The van der Waals surface area contributed by atoms with Gasteiger partial charge in [0.15, 0.2) is 5.69 Å². The van der Waals surface area contributed by atoms with Gasteiger partial charge >= 0.3 is 0 Å². The van der Waals surface area contributed by atoms with Crippen molar-refractivity contribution in [2.75, 3.05) is 25.4 Å². The summed E-state index contributed by atoms with van der Waals surface area (Å²) in [5, 5.41) is 9.95. The minimum Gasteiger partial charge on any atom is -0.395 e. The molecule has 1 aliphatic carbocycles. The van der Waals surface area contributed by atoms with Crippen LogP contribution in [-0.4, -0.2) is 46.7 Å². The molecule has 6 nitrogen and oxygen atoms in total. The molecule has 1 aromatic rings. The molecule has 1 aromatic heterocycles. The number of hydrogen-bond acceptors (Lipinski definition) is 4. The van der Waals surface area contributed by atoms with E-state index in [1.807, 2.05) is 6.92 Å². The largest absolute Gasteiger partial charge is 0.395 e. The Kier molecular flexibility index (Phi) is 4.65. The Balaban J connectivity index is 1.94. The van der Waals surface area contributed by atoms with Crippen LogP contribution in [0.1, 0.15) is 55.7 Å². The number of nitrogens with one attached hydrogen (secondary N) is 2. The first-order valence-corrected chi connectivity index (χ1v) is 7.43. The molecular weight excluding hydrogens is 254 g/mol. The lowest BCUT2D eigenvalue weighted by molar-refractivity contribution is 0.0926. The van der Waals surface area contributed by atoms with E-state index in [0.29, 0.717) is 17.3 Å². The molecule has 1 atom stereocenters. The van der Waals surface area contributed by atoms with Crippen molar-refractivity contribution in [2.45, 2.75) is 45.6 Å². The molecule has 0 radical (unpaired) electrons. The van der Waals surface area contributed by atoms with Crippen LogP contribution in [0.4, 0.5) is 5.69 Å². The fraction of sp³-hybridized carbons (Fsp3) is 0.714. The Morgan fingerprint density at radius 3 is 2.70 bits per heavy atom. The number of likely N-dealkylation sites (N-methyl/N-ethyl adjacent to an activating group) is 1. The molecule has 1 heterocycles. The smallest absolute Gasteiger partial charge is 0.274 e. The van der Waals surface area contributed by atoms with Gasteiger partial charge in [-0.15, -0.1) is 0 Å². The molecule has 1 fully saturated rings. The number of nitrogens with two attached hydrogens (primary N) is 1. The van der Waals surface area contributed by atoms with Gasteiger partial charge in [-0.25, -0.2) is 0 Å². The van der Waals surface area contributed by atoms with E-state index < -0.39 is 0 Å². The molecular formula is C14H25N5O. The van der Waals surface area contributed by atoms with Crippen molar-refractivity contribution in [1.82, 2.24) is 20.4 Å². The van der Waals surface area contributed by atoms with Crippen molar-refractivity contribution in [2.24, 2.45) is 0 Å². The highest BCUT2D eigenvalue weighted by Crippen LogP contribution is 2.42. The van der Waals surface area contributed by atoms with Gasteiger partial charge in [0.05, 0.1) is 11.4 Å². The van der Waals surface area contributed by atoms with E-state index >= 15 is 0 Å². The van der Waals surface area contributed by atoms with Crippen molar-refractivity contribution in [3.8, 4) is 0 Å². The molecule has 0 saturated heterocycles. The average Bonchev–Trinajstić information content (AvgIpc) is 3.19. The van der Waals surface area contributed by atoms with Crippen molar-refractivity contribution >= 4 is 11.6 Å². The fourth-order valence-corrected chi connectivity index (χ4v) is 2.43. The Labute approximate surface area is 120 Å². The maximum Gasteiger partial charge on any atom is 0.274 e. The van der Waals surface area contributed by atoms with Crippen molar-refractivity contribution in [1.29, 1.82) is 0 Å². The number of nitrogens with zero attached hydrogens (tertiary/aromatic N) is 2. The van der Waals surface area contributed by atoms with E-state index in [1.54, 1.807) is 0 Å². The number of carbonyl (C=O) groups is 1. The standard InChI is InChI=1S/C14H25N5O/c1-4-19(5-2)8-9(3)16-14(20)13-11(15)12(17-18-13)10-6-7-10/h9-10H,4-8,15H2,1-3H3,(H,16,20)(H,17,18). The molecule has 1 amide bonds. The molecule has 20 heavy (non-hydrogen) atoms. The van der Waals surface area contributed by atoms with Crippen molar-refractivity contribution in [3.63, 3.8) is 0 Å². The highest BCUT2D eigenvalue weighted by Gasteiger charge is 2.30. The normalized spacial score (nSPS) is 16.4. The van der Waals surface area contributed by atoms with E-state index in [9.17, 15) is 4.79 Å². The van der Waals surface area contributed by atoms with Crippen LogP contribution < -0.4 is 11.1 Å². The van der Waals surface area contributed by atoms with Gasteiger partial charge in [-0.2, -0.15) is 5.10 Å². The quantitative estimate of drug-likeness (QED) is 0.702. The van der Waals surface area contributed by atoms with Gasteiger partial charge in [0.2, 0.25) is 0 Å². The summed E-state index contributed by atoms with van der Waals surface area (Å²) in [6.45, 7) is 9.02. The maximum absolute atomic E-state index is 12.2. The van der Waals surface area contributed by atoms with Gasteiger partial charge in [0.25, 0.3) is 5.91 Å². The van der Waals surface area contributed by atoms with Gasteiger partial charge in [-0.3, -0.25) is 9.89 Å². The van der Waals surface area contributed by atoms with E-state index in [1.165, 1.54) is 0 Å². The highest BCUT2D eigenvalue weighted by molar-refractivity contribution is 5.97. The predicted octanol–water partition coefficient (Wildman–Crippen LogP) is 1.33. The summed E-state index contributed by atoms with van der Waals surface area (Å²) in [7, 11) is 0. The maximum atomic E-state index is 12.2. The number of amides is 1. The first kappa shape index (κ1) is 14.8. The molecule has 1 aliphatic rings. The van der Waals surface area contributed by atoms with Gasteiger partial charge in [0, 0.05) is 18.5 Å². The lowest BCUT2D eigenvalue weighted by Crippen LogP contribution is -2.42. The number of carbonyl (C=O) groups excluding carboxylic acids is 1. The number of anilines is 1. The summed E-state index contributed by atoms with van der Waals surface area (Å²) >= 11 is 0. The van der Waals surface area contributed by atoms with E-state index in [0.717, 1.165) is 38.2 Å². The second-order valence-electron chi connectivity index (χ2n) is 5.53. The van der Waals surface area contributed by atoms with Crippen molar-refractivity contribution < 1.29 is 4.79 Å². The van der Waals surface area contributed by atoms with Crippen molar-refractivity contribution in [3.05, 3.63) is 11.4 Å². The van der Waals surface area contributed by atoms with E-state index in [4.69, 9.17) is 5.73 Å². The summed E-state index contributed by atoms with van der Waals surface area (Å²) in [5.41, 5.74) is 7.78. The molecule has 1 saturated carbocycles. The van der Waals surface area contributed by atoms with Crippen LogP contribution in [0.3, 0.4) is 0 Å². The van der Waals surface area contributed by atoms with Gasteiger partial charge < -0.3 is 16.0 Å². The van der Waals surface area contributed by atoms with Crippen LogP contribution in [-0.2, 0) is 0 Å². The lowest BCUT2D eigenvalue weighted by Gasteiger charge is -2.23. The van der Waals surface area contributed by atoms with Gasteiger partial charge in [0.1, 0.15) is 0 Å². The first-order valence-electron chi connectivity index (χ1n) is 7.43. The molecule has 4 N–H and O–H groups in total. The molecule has 1 unspecified atom stereocenters. The number of aromatic nitrogens is 2. The van der Waals surface area contributed by atoms with Crippen LogP contribution in [0.25, 0.3) is 0 Å². The predicted molar refractivity (Wildman–Crippen MR) is 79.7 cm³/mol. The molecule has 0 aliphatic heterocycles. The average molecular weight is 279 g/mol. The SMILES string of the molecule is CCN(CC)CC(C)NC(=O)c1n[nH]c(C2CC2)c1N. The van der Waals surface area contributed by atoms with E-state index in [-0.39, 0.29) is 11.9 Å². The summed E-state index contributed by atoms with van der Waals surface area (Å²) < 4.78 is 0. The third kappa shape index (κ3) is 3.30. The topological polar surface area (TPSA) is 87.0 Å². The highest BCUT2D eigenvalue weighted by atomic mass is 16.2. The zero-order valence-corrected chi connectivity index (χ0v) is 12.6. The monoisotopic (exact) mass is 279 g/mol. The third-order valence-corrected chi connectivity index (χ3v) is 3.84. The first-order chi connectivity index (χ1) is 9.56. The minimum atomic E-state index is -0.190. The fourth-order valence-electron chi connectivity index (χ4n) is 2.43. The summed E-state index contributed by atoms with van der Waals surface area (Å²) in [5.74, 6) is 0.280. The van der Waals surface area contributed by atoms with Crippen LogP contribution >= 0.6 is 0 Å². The van der Waals surface area contributed by atoms with Gasteiger partial charge in [-0.1, -0.05) is 13.8 Å². The van der Waals surface area contributed by atoms with Crippen LogP contribution in [0.5, 0.6) is 0 Å². The number of hydrogen-bond donors (Lipinski definition) is 3. The number of nitrogen functional groups attached to an aromatic ring is 1. The second-order valence-corrected chi connectivity index (χ2v) is 5.53. The number of H-pyrrole nitrogens is 1. The Morgan fingerprint density at radius 1 is 1.50 bits per heavy atom. The number of rotatable bonds is 7. The Hall–Kier alpha value is -1.56. The van der Waals surface area contributed by atoms with Crippen LogP contribution in [0.2, 0.25) is 0 Å². The summed E-state index contributed by atoms with van der Waals surface area (Å²) in [6.07, 6.45) is 2.26. The number of aromatic amines is 1. The molecule has 6 heteroatoms. The Bertz CT molecular complexity index is 462. The minimum absolute atomic E-state index is 0.0721. The molecule has 2 rings (SSSR count). The lowest BCUT2D eigenvalue weighted by atomic mass is 10.2. The second kappa shape index (κ2) is 6.26. The van der Waals surface area contributed by atoms with Crippen LogP contribution in [0, 0.1) is 0 Å². The molecule has 0 spiro atoms. The molecule has 0 aromatic carbocycles. The molecule has 112 valence electrons. The summed E-state index contributed by atoms with van der Waals surface area (Å²) in [6, 6.07) is 0.0721. The summed E-state index contributed by atoms with van der Waals surface area (Å²) in [4.78, 5) is 14.5. The molecule has 0 bridgehead atoms. The van der Waals surface area contributed by atoms with E-state index in [2.05, 4.69) is 34.3 Å². The zero-order chi connectivity index (χ0) is 14.7. The Morgan fingerprint density at radius 2 is 2.15 bits per heavy atom. The zero-order valence-electron chi connectivity index (χ0n) is 12.6. The van der Waals surface area contributed by atoms with Crippen LogP contribution in [0.15, 0.2) is 0 Å². The van der Waals surface area contributed by atoms with Gasteiger partial charge in [-0.05, 0) is 32.9 Å².